The van der Waals surface area contributed by atoms with E-state index in [4.69, 9.17) is 0 Å². The molecule has 0 spiro atoms. The van der Waals surface area contributed by atoms with Gasteiger partial charge < -0.3 is 15.3 Å². The summed E-state index contributed by atoms with van der Waals surface area (Å²) in [7, 11) is 0. The van der Waals surface area contributed by atoms with E-state index in [9.17, 15) is 15.3 Å². The molecule has 0 aromatic carbocycles. The van der Waals surface area contributed by atoms with Gasteiger partial charge in [0.25, 0.3) is 0 Å². The number of rotatable bonds is 0. The van der Waals surface area contributed by atoms with Gasteiger partial charge in [0.15, 0.2) is 0 Å². The average Bonchev–Trinajstić information content (AvgIpc) is 2.27. The number of aliphatic hydroxyl groups is 3. The van der Waals surface area contributed by atoms with E-state index in [0.29, 0.717) is 29.1 Å². The lowest BCUT2D eigenvalue weighted by atomic mass is 9.44. The second kappa shape index (κ2) is 4.83. The molecule has 0 aromatic heterocycles. The lowest BCUT2D eigenvalue weighted by molar-refractivity contribution is -0.198. The Morgan fingerprint density at radius 1 is 0.520 bits per heavy atom. The fraction of sp³-hybridized carbons (Fsp3) is 1.00. The van der Waals surface area contributed by atoms with Crippen molar-refractivity contribution in [1.82, 2.24) is 0 Å². The van der Waals surface area contributed by atoms with Crippen LogP contribution in [0.2, 0.25) is 0 Å². The summed E-state index contributed by atoms with van der Waals surface area (Å²) in [4.78, 5) is 0. The summed E-state index contributed by atoms with van der Waals surface area (Å²) < 4.78 is 0. The van der Waals surface area contributed by atoms with Crippen LogP contribution < -0.4 is 0 Å². The van der Waals surface area contributed by atoms with Gasteiger partial charge in [-0.15, -0.1) is 0 Å². The highest BCUT2D eigenvalue weighted by Gasteiger charge is 2.59. The lowest BCUT2D eigenvalue weighted by Gasteiger charge is -2.63. The maximum absolute atomic E-state index is 10.4. The van der Waals surface area contributed by atoms with Crippen molar-refractivity contribution in [3.63, 3.8) is 0 Å². The Morgan fingerprint density at radius 3 is 1.32 bits per heavy atom. The Hall–Kier alpha value is -0.120. The van der Waals surface area contributed by atoms with Gasteiger partial charge in [0.2, 0.25) is 0 Å². The van der Waals surface area contributed by atoms with E-state index in [1.807, 2.05) is 0 Å². The Kier molecular flexibility index (Phi) is 3.29. The second-order valence-corrected chi connectivity index (χ2v) is 12.3. The van der Waals surface area contributed by atoms with Gasteiger partial charge in [-0.25, -0.2) is 0 Å². The molecule has 0 aromatic rings. The van der Waals surface area contributed by atoms with E-state index in [1.54, 1.807) is 0 Å². The maximum atomic E-state index is 10.4. The van der Waals surface area contributed by atoms with E-state index >= 15 is 0 Å². The van der Waals surface area contributed by atoms with Crippen molar-refractivity contribution in [2.75, 3.05) is 0 Å². The lowest BCUT2D eigenvalue weighted by Crippen LogP contribution is -2.58. The Morgan fingerprint density at radius 2 is 0.960 bits per heavy atom. The first kappa shape index (κ1) is 17.0. The first-order valence-corrected chi connectivity index (χ1v) is 10.6. The van der Waals surface area contributed by atoms with Crippen LogP contribution in [0.15, 0.2) is 0 Å². The smallest absolute Gasteiger partial charge is 0.0680 e. The summed E-state index contributed by atoms with van der Waals surface area (Å²) in [6.45, 7) is 4.78. The van der Waals surface area contributed by atoms with Crippen molar-refractivity contribution >= 4 is 0 Å². The van der Waals surface area contributed by atoms with Crippen molar-refractivity contribution in [3.8, 4) is 0 Å². The molecule has 3 N–H and O–H groups in total. The quantitative estimate of drug-likeness (QED) is 0.624. The van der Waals surface area contributed by atoms with E-state index in [-0.39, 0.29) is 5.60 Å². The van der Waals surface area contributed by atoms with Crippen molar-refractivity contribution in [3.05, 3.63) is 0 Å². The van der Waals surface area contributed by atoms with Gasteiger partial charge in [0.1, 0.15) is 0 Å². The van der Waals surface area contributed by atoms with Gasteiger partial charge in [0.05, 0.1) is 16.8 Å². The summed E-state index contributed by atoms with van der Waals surface area (Å²) in [5.41, 5.74) is -0.299. The SMILES string of the molecule is CC12CC3CC(C)(C1)CC(O)(C3)C2.OC12CC3CC(C1)CC(O)(C3)C2. The van der Waals surface area contributed by atoms with E-state index < -0.39 is 11.2 Å². The molecule has 0 amide bonds. The van der Waals surface area contributed by atoms with Gasteiger partial charge in [-0.2, -0.15) is 0 Å². The molecule has 8 fully saturated rings. The van der Waals surface area contributed by atoms with Gasteiger partial charge in [-0.3, -0.25) is 0 Å². The minimum Gasteiger partial charge on any atom is -0.390 e. The third kappa shape index (κ3) is 2.89. The topological polar surface area (TPSA) is 60.7 Å². The molecule has 2 unspecified atom stereocenters. The molecule has 3 nitrogen and oxygen atoms in total. The summed E-state index contributed by atoms with van der Waals surface area (Å²) in [5.74, 6) is 2.05. The Labute approximate surface area is 152 Å². The highest BCUT2D eigenvalue weighted by Crippen LogP contribution is 2.66. The molecule has 8 rings (SSSR count). The molecule has 8 saturated carbocycles. The summed E-state index contributed by atoms with van der Waals surface area (Å²) in [5, 5.41) is 30.6. The summed E-state index contributed by atoms with van der Waals surface area (Å²) in [6.07, 6.45) is 13.1. The van der Waals surface area contributed by atoms with Crippen LogP contribution in [0.25, 0.3) is 0 Å². The molecule has 0 saturated heterocycles. The van der Waals surface area contributed by atoms with Crippen LogP contribution in [0.5, 0.6) is 0 Å². The van der Waals surface area contributed by atoms with Crippen molar-refractivity contribution in [2.45, 2.75) is 108 Å². The monoisotopic (exact) mass is 348 g/mol. The van der Waals surface area contributed by atoms with Gasteiger partial charge in [-0.1, -0.05) is 13.8 Å². The van der Waals surface area contributed by atoms with Crippen LogP contribution in [0.4, 0.5) is 0 Å². The second-order valence-electron chi connectivity index (χ2n) is 12.3. The normalized spacial score (nSPS) is 63.5. The van der Waals surface area contributed by atoms with Crippen LogP contribution in [0.3, 0.4) is 0 Å². The van der Waals surface area contributed by atoms with Gasteiger partial charge >= 0.3 is 0 Å². The maximum Gasteiger partial charge on any atom is 0.0680 e. The van der Waals surface area contributed by atoms with Crippen LogP contribution >= 0.6 is 0 Å². The van der Waals surface area contributed by atoms with E-state index in [0.717, 1.165) is 50.9 Å². The molecule has 8 bridgehead atoms. The molecule has 2 atom stereocenters. The predicted octanol–water partition coefficient (Wildman–Crippen LogP) is 3.79. The van der Waals surface area contributed by atoms with Crippen molar-refractivity contribution < 1.29 is 15.3 Å². The molecular weight excluding hydrogens is 312 g/mol. The van der Waals surface area contributed by atoms with Crippen LogP contribution in [-0.2, 0) is 0 Å². The van der Waals surface area contributed by atoms with Crippen molar-refractivity contribution in [1.29, 1.82) is 0 Å². The predicted molar refractivity (Wildman–Crippen MR) is 96.9 cm³/mol. The molecule has 0 aliphatic heterocycles. The Bertz CT molecular complexity index is 499. The molecule has 25 heavy (non-hydrogen) atoms. The molecule has 142 valence electrons. The molecule has 8 aliphatic rings. The van der Waals surface area contributed by atoms with Crippen LogP contribution in [-0.4, -0.2) is 32.1 Å². The molecule has 0 heterocycles. The fourth-order valence-corrected chi connectivity index (χ4v) is 9.55. The Balaban J connectivity index is 0.000000112. The molecule has 0 radical (unpaired) electrons. The number of hydrogen-bond acceptors (Lipinski definition) is 3. The summed E-state index contributed by atoms with van der Waals surface area (Å²) >= 11 is 0. The molecular formula is C22H36O3. The van der Waals surface area contributed by atoms with Crippen molar-refractivity contribution in [2.24, 2.45) is 28.6 Å². The van der Waals surface area contributed by atoms with Gasteiger partial charge in [0, 0.05) is 6.42 Å². The first-order chi connectivity index (χ1) is 11.5. The largest absolute Gasteiger partial charge is 0.390 e. The average molecular weight is 349 g/mol. The third-order valence-corrected chi connectivity index (χ3v) is 8.60. The third-order valence-electron chi connectivity index (χ3n) is 8.60. The molecule has 8 aliphatic carbocycles. The zero-order valence-corrected chi connectivity index (χ0v) is 16.1. The summed E-state index contributed by atoms with van der Waals surface area (Å²) in [6, 6.07) is 0. The standard InChI is InChI=1S/C12H20O.C10H16O2/c1-10-3-9-4-11(2,6-10)8-12(13,5-9)7-10;11-9-2-7-1-8(4-9)5-10(12,3-7)6-9/h9,13H,3-8H2,1-2H3;7-8,11-12H,1-6H2. The fourth-order valence-electron chi connectivity index (χ4n) is 9.55. The van der Waals surface area contributed by atoms with E-state index in [1.165, 1.54) is 25.7 Å². The zero-order valence-electron chi connectivity index (χ0n) is 16.1. The first-order valence-electron chi connectivity index (χ1n) is 10.6. The van der Waals surface area contributed by atoms with Crippen LogP contribution in [0, 0.1) is 28.6 Å². The number of hydrogen-bond donors (Lipinski definition) is 3. The molecule has 3 heteroatoms. The van der Waals surface area contributed by atoms with Crippen LogP contribution in [0.1, 0.15) is 90.9 Å². The van der Waals surface area contributed by atoms with E-state index in [2.05, 4.69) is 13.8 Å². The minimum atomic E-state index is -0.487. The zero-order chi connectivity index (χ0) is 17.7. The van der Waals surface area contributed by atoms with Gasteiger partial charge in [-0.05, 0) is 99.2 Å². The highest BCUT2D eigenvalue weighted by molar-refractivity contribution is 5.11. The highest BCUT2D eigenvalue weighted by atomic mass is 16.3. The minimum absolute atomic E-state index is 0.275.